The first-order chi connectivity index (χ1) is 14.2. The van der Waals surface area contributed by atoms with E-state index in [1.54, 1.807) is 24.3 Å². The third-order valence-electron chi connectivity index (χ3n) is 4.79. The van der Waals surface area contributed by atoms with E-state index in [2.05, 4.69) is 4.74 Å². The van der Waals surface area contributed by atoms with E-state index in [1.165, 1.54) is 29.0 Å². The van der Waals surface area contributed by atoms with Gasteiger partial charge in [0.2, 0.25) is 0 Å². The summed E-state index contributed by atoms with van der Waals surface area (Å²) in [5, 5.41) is 0.476. The van der Waals surface area contributed by atoms with Gasteiger partial charge in [-0.1, -0.05) is 17.7 Å². The summed E-state index contributed by atoms with van der Waals surface area (Å²) in [5.41, 5.74) is 0.731. The van der Waals surface area contributed by atoms with E-state index in [1.807, 2.05) is 0 Å². The summed E-state index contributed by atoms with van der Waals surface area (Å²) in [6.07, 6.45) is 0. The van der Waals surface area contributed by atoms with E-state index in [-0.39, 0.29) is 42.3 Å². The first kappa shape index (κ1) is 22.0. The highest BCUT2D eigenvalue weighted by Gasteiger charge is 2.29. The van der Waals surface area contributed by atoms with E-state index in [0.717, 1.165) is 6.07 Å². The average molecular weight is 455 g/mol. The van der Waals surface area contributed by atoms with Crippen LogP contribution in [-0.2, 0) is 21.1 Å². The van der Waals surface area contributed by atoms with Crippen LogP contribution in [0.2, 0.25) is 5.02 Å². The fourth-order valence-electron chi connectivity index (χ4n) is 3.06. The van der Waals surface area contributed by atoms with Crippen molar-refractivity contribution in [3.8, 4) is 0 Å². The molecule has 0 N–H and O–H groups in total. The van der Waals surface area contributed by atoms with Crippen LogP contribution in [0.15, 0.2) is 42.5 Å². The Kier molecular flexibility index (Phi) is 6.62. The van der Waals surface area contributed by atoms with Crippen LogP contribution in [0.25, 0.3) is 0 Å². The Morgan fingerprint density at radius 3 is 2.33 bits per heavy atom. The Morgan fingerprint density at radius 2 is 1.77 bits per heavy atom. The minimum atomic E-state index is -3.16. The number of rotatable bonds is 4. The molecular weight excluding hydrogens is 435 g/mol. The SMILES string of the molecule is COC(=O)c1ccc(CN(C(=O)N2CCS(=O)(=O)CC2)c2ccc(Cl)cc2)c(F)c1. The smallest absolute Gasteiger partial charge is 0.337 e. The van der Waals surface area contributed by atoms with Crippen molar-refractivity contribution in [2.24, 2.45) is 0 Å². The van der Waals surface area contributed by atoms with Crippen molar-refractivity contribution in [2.45, 2.75) is 6.54 Å². The zero-order valence-corrected chi connectivity index (χ0v) is 17.7. The molecule has 3 rings (SSSR count). The maximum Gasteiger partial charge on any atom is 0.337 e. The number of anilines is 1. The first-order valence-electron chi connectivity index (χ1n) is 9.09. The Hall–Kier alpha value is -2.65. The second kappa shape index (κ2) is 9.01. The number of benzene rings is 2. The molecule has 10 heteroatoms. The van der Waals surface area contributed by atoms with Crippen LogP contribution in [0.3, 0.4) is 0 Å². The number of esters is 1. The van der Waals surface area contributed by atoms with Gasteiger partial charge in [0.1, 0.15) is 5.82 Å². The zero-order valence-electron chi connectivity index (χ0n) is 16.2. The van der Waals surface area contributed by atoms with Crippen LogP contribution in [0.5, 0.6) is 0 Å². The zero-order chi connectivity index (χ0) is 21.9. The van der Waals surface area contributed by atoms with Crippen LogP contribution in [0.4, 0.5) is 14.9 Å². The van der Waals surface area contributed by atoms with Gasteiger partial charge in [-0.2, -0.15) is 0 Å². The lowest BCUT2D eigenvalue weighted by Crippen LogP contribution is -2.49. The highest BCUT2D eigenvalue weighted by Crippen LogP contribution is 2.24. The summed E-state index contributed by atoms with van der Waals surface area (Å²) in [6, 6.07) is 9.91. The monoisotopic (exact) mass is 454 g/mol. The van der Waals surface area contributed by atoms with Crippen molar-refractivity contribution in [3.05, 3.63) is 64.4 Å². The van der Waals surface area contributed by atoms with Gasteiger partial charge in [-0.25, -0.2) is 22.4 Å². The fraction of sp³-hybridized carbons (Fsp3) is 0.300. The quantitative estimate of drug-likeness (QED) is 0.663. The average Bonchev–Trinajstić information content (AvgIpc) is 2.72. The van der Waals surface area contributed by atoms with Crippen molar-refractivity contribution in [3.63, 3.8) is 0 Å². The number of hydrogen-bond acceptors (Lipinski definition) is 5. The van der Waals surface area contributed by atoms with E-state index < -0.39 is 27.7 Å². The maximum atomic E-state index is 14.6. The molecule has 0 atom stereocenters. The Morgan fingerprint density at radius 1 is 1.13 bits per heavy atom. The molecule has 0 radical (unpaired) electrons. The lowest BCUT2D eigenvalue weighted by atomic mass is 10.1. The number of nitrogens with zero attached hydrogens (tertiary/aromatic N) is 2. The molecule has 0 aromatic heterocycles. The van der Waals surface area contributed by atoms with Crippen molar-refractivity contribution in [1.29, 1.82) is 0 Å². The summed E-state index contributed by atoms with van der Waals surface area (Å²) in [7, 11) is -1.96. The maximum absolute atomic E-state index is 14.6. The molecule has 0 bridgehead atoms. The highest BCUT2D eigenvalue weighted by atomic mass is 35.5. The number of halogens is 2. The van der Waals surface area contributed by atoms with Gasteiger partial charge in [0, 0.05) is 29.4 Å². The normalized spacial score (nSPS) is 15.5. The van der Waals surface area contributed by atoms with Gasteiger partial charge in [-0.3, -0.25) is 4.90 Å². The molecule has 0 saturated carbocycles. The van der Waals surface area contributed by atoms with Crippen LogP contribution >= 0.6 is 11.6 Å². The predicted molar refractivity (Wildman–Crippen MR) is 111 cm³/mol. The number of methoxy groups -OCH3 is 1. The third kappa shape index (κ3) is 5.09. The molecule has 2 aromatic carbocycles. The van der Waals surface area contributed by atoms with Gasteiger partial charge < -0.3 is 9.64 Å². The molecule has 30 heavy (non-hydrogen) atoms. The Balaban J connectivity index is 1.89. The molecular formula is C20H20ClFN2O5S. The molecule has 0 unspecified atom stereocenters. The summed E-state index contributed by atoms with van der Waals surface area (Å²) >= 11 is 5.94. The molecule has 2 aromatic rings. The van der Waals surface area contributed by atoms with Crippen LogP contribution in [0, 0.1) is 5.82 Å². The Labute approximate surface area is 178 Å². The third-order valence-corrected chi connectivity index (χ3v) is 6.65. The van der Waals surface area contributed by atoms with Gasteiger partial charge in [-0.15, -0.1) is 0 Å². The number of hydrogen-bond donors (Lipinski definition) is 0. The van der Waals surface area contributed by atoms with Gasteiger partial charge in [0.25, 0.3) is 0 Å². The van der Waals surface area contributed by atoms with E-state index in [0.29, 0.717) is 10.7 Å². The van der Waals surface area contributed by atoms with Gasteiger partial charge in [0.15, 0.2) is 9.84 Å². The number of urea groups is 1. The van der Waals surface area contributed by atoms with Gasteiger partial charge in [-0.05, 0) is 36.4 Å². The van der Waals surface area contributed by atoms with Crippen molar-refractivity contribution >= 4 is 39.1 Å². The van der Waals surface area contributed by atoms with Gasteiger partial charge >= 0.3 is 12.0 Å². The number of carbonyl (C=O) groups excluding carboxylic acids is 2. The molecule has 2 amide bonds. The van der Waals surface area contributed by atoms with E-state index >= 15 is 0 Å². The number of ether oxygens (including phenoxy) is 1. The summed E-state index contributed by atoms with van der Waals surface area (Å²) < 4.78 is 42.6. The fourth-order valence-corrected chi connectivity index (χ4v) is 4.38. The second-order valence-electron chi connectivity index (χ2n) is 6.78. The van der Waals surface area contributed by atoms with Crippen LogP contribution < -0.4 is 4.90 Å². The molecule has 0 aliphatic carbocycles. The predicted octanol–water partition coefficient (Wildman–Crippen LogP) is 3.12. The second-order valence-corrected chi connectivity index (χ2v) is 9.52. The molecule has 1 heterocycles. The molecule has 1 fully saturated rings. The van der Waals surface area contributed by atoms with Crippen LogP contribution in [-0.4, -0.2) is 57.0 Å². The standard InChI is InChI=1S/C20H20ClFN2O5S/c1-29-19(25)14-2-3-15(18(22)12-14)13-24(17-6-4-16(21)5-7-17)20(26)23-8-10-30(27,28)11-9-23/h2-7,12H,8-11,13H2,1H3. The molecule has 7 nitrogen and oxygen atoms in total. The Bertz CT molecular complexity index is 1050. The highest BCUT2D eigenvalue weighted by molar-refractivity contribution is 7.91. The van der Waals surface area contributed by atoms with Crippen molar-refractivity contribution in [2.75, 3.05) is 36.6 Å². The van der Waals surface area contributed by atoms with Gasteiger partial charge in [0.05, 0.1) is 30.7 Å². The number of amides is 2. The molecule has 1 saturated heterocycles. The number of sulfone groups is 1. The van der Waals surface area contributed by atoms with E-state index in [4.69, 9.17) is 11.6 Å². The largest absolute Gasteiger partial charge is 0.465 e. The lowest BCUT2D eigenvalue weighted by molar-refractivity contribution is 0.0600. The van der Waals surface area contributed by atoms with Crippen molar-refractivity contribution in [1.82, 2.24) is 4.90 Å². The molecule has 1 aliphatic heterocycles. The molecule has 0 spiro atoms. The molecule has 1 aliphatic rings. The first-order valence-corrected chi connectivity index (χ1v) is 11.3. The van der Waals surface area contributed by atoms with E-state index in [9.17, 15) is 22.4 Å². The summed E-state index contributed by atoms with van der Waals surface area (Å²) in [4.78, 5) is 27.5. The number of carbonyl (C=O) groups is 2. The summed E-state index contributed by atoms with van der Waals surface area (Å²) in [6.45, 7) is 0.0149. The lowest BCUT2D eigenvalue weighted by Gasteiger charge is -2.33. The summed E-state index contributed by atoms with van der Waals surface area (Å²) in [5.74, 6) is -1.56. The topological polar surface area (TPSA) is 84.0 Å². The molecule has 160 valence electrons. The minimum absolute atomic E-state index is 0.0596. The minimum Gasteiger partial charge on any atom is -0.465 e. The van der Waals surface area contributed by atoms with Crippen LogP contribution in [0.1, 0.15) is 15.9 Å². The van der Waals surface area contributed by atoms with Crippen molar-refractivity contribution < 1.29 is 27.1 Å².